The standard InChI is InChI=1S/C6H12O.Ac/c1-6(2)4-3-5-7;/h3-4,6-7H,5H2,1-2H3;. The predicted octanol–water partition coefficient (Wildman–Crippen LogP) is 1.19. The minimum Gasteiger partial charge on any atom is -0.392 e. The van der Waals surface area contributed by atoms with Crippen LogP contribution in [-0.4, -0.2) is 11.7 Å². The molecule has 0 aliphatic heterocycles. The molecule has 0 aromatic rings. The molecule has 0 amide bonds. The first-order chi connectivity index (χ1) is 3.27. The third kappa shape index (κ3) is 10.2. The van der Waals surface area contributed by atoms with Gasteiger partial charge in [-0.1, -0.05) is 26.0 Å². The summed E-state index contributed by atoms with van der Waals surface area (Å²) in [6, 6.07) is 0. The Bertz CT molecular complexity index is 59.5. The van der Waals surface area contributed by atoms with Crippen molar-refractivity contribution in [3.8, 4) is 0 Å². The molecule has 1 radical (unpaired) electrons. The van der Waals surface area contributed by atoms with Crippen molar-refractivity contribution >= 4 is 0 Å². The van der Waals surface area contributed by atoms with E-state index in [1.807, 2.05) is 6.08 Å². The fraction of sp³-hybridized carbons (Fsp3) is 0.667. The van der Waals surface area contributed by atoms with Crippen LogP contribution in [0.1, 0.15) is 13.8 Å². The van der Waals surface area contributed by atoms with Gasteiger partial charge in [0, 0.05) is 44.1 Å². The molecule has 0 unspecified atom stereocenters. The zero-order valence-corrected chi connectivity index (χ0v) is 10.2. The van der Waals surface area contributed by atoms with Crippen LogP contribution in [0.15, 0.2) is 12.2 Å². The molecular formula is C6H12AcO. The average molecular weight is 327 g/mol. The Morgan fingerprint density at radius 3 is 2.12 bits per heavy atom. The Balaban J connectivity index is 0. The molecule has 0 spiro atoms. The molecule has 45 valence electrons. The third-order valence-corrected chi connectivity index (χ3v) is 0.626. The topological polar surface area (TPSA) is 20.2 Å². The van der Waals surface area contributed by atoms with Crippen LogP contribution in [0.3, 0.4) is 0 Å². The largest absolute Gasteiger partial charge is 0.392 e. The summed E-state index contributed by atoms with van der Waals surface area (Å²) in [6.45, 7) is 4.32. The number of allylic oxidation sites excluding steroid dienone is 1. The molecular weight excluding hydrogens is 315 g/mol. The van der Waals surface area contributed by atoms with Crippen LogP contribution in [0.4, 0.5) is 0 Å². The monoisotopic (exact) mass is 327 g/mol. The van der Waals surface area contributed by atoms with Gasteiger partial charge in [0.25, 0.3) is 0 Å². The molecule has 2 heteroatoms. The van der Waals surface area contributed by atoms with Gasteiger partial charge < -0.3 is 5.11 Å². The van der Waals surface area contributed by atoms with Crippen molar-refractivity contribution in [1.29, 1.82) is 0 Å². The SMILES string of the molecule is CC(C)C=CCO.[Ac]. The summed E-state index contributed by atoms with van der Waals surface area (Å²) in [7, 11) is 0. The summed E-state index contributed by atoms with van der Waals surface area (Å²) >= 11 is 0. The van der Waals surface area contributed by atoms with Gasteiger partial charge in [0.1, 0.15) is 0 Å². The first kappa shape index (κ1) is 11.9. The number of rotatable bonds is 2. The summed E-state index contributed by atoms with van der Waals surface area (Å²) < 4.78 is 0. The quantitative estimate of drug-likeness (QED) is 0.756. The van der Waals surface area contributed by atoms with Crippen molar-refractivity contribution in [3.63, 3.8) is 0 Å². The van der Waals surface area contributed by atoms with Crippen LogP contribution >= 0.6 is 0 Å². The average Bonchev–Trinajstić information content (AvgIpc) is 1.61. The van der Waals surface area contributed by atoms with E-state index in [4.69, 9.17) is 5.11 Å². The molecule has 0 aromatic heterocycles. The normalized spacial score (nSPS) is 10.0. The summed E-state index contributed by atoms with van der Waals surface area (Å²) in [6.07, 6.45) is 3.73. The van der Waals surface area contributed by atoms with Gasteiger partial charge in [-0.15, -0.1) is 0 Å². The maximum atomic E-state index is 8.23. The van der Waals surface area contributed by atoms with Gasteiger partial charge in [0.2, 0.25) is 0 Å². The molecule has 1 N–H and O–H groups in total. The van der Waals surface area contributed by atoms with E-state index in [0.717, 1.165) is 0 Å². The Morgan fingerprint density at radius 1 is 1.50 bits per heavy atom. The first-order valence-corrected chi connectivity index (χ1v) is 2.55. The van der Waals surface area contributed by atoms with E-state index in [0.29, 0.717) is 5.92 Å². The van der Waals surface area contributed by atoms with Gasteiger partial charge in [0.15, 0.2) is 0 Å². The van der Waals surface area contributed by atoms with Gasteiger partial charge in [-0.3, -0.25) is 0 Å². The fourth-order valence-electron chi connectivity index (χ4n) is 0.333. The minimum absolute atomic E-state index is 0. The minimum atomic E-state index is 0. The molecule has 0 saturated carbocycles. The van der Waals surface area contributed by atoms with E-state index >= 15 is 0 Å². The van der Waals surface area contributed by atoms with Gasteiger partial charge in [-0.25, -0.2) is 0 Å². The third-order valence-electron chi connectivity index (χ3n) is 0.626. The molecule has 0 atom stereocenters. The van der Waals surface area contributed by atoms with E-state index in [9.17, 15) is 0 Å². The second kappa shape index (κ2) is 8.14. The maximum absolute atomic E-state index is 8.23. The molecule has 0 aliphatic carbocycles. The number of hydrogen-bond acceptors (Lipinski definition) is 1. The van der Waals surface area contributed by atoms with Crippen LogP contribution in [0.5, 0.6) is 0 Å². The molecule has 1 nitrogen and oxygen atoms in total. The van der Waals surface area contributed by atoms with Crippen molar-refractivity contribution in [2.45, 2.75) is 13.8 Å². The molecule has 0 fully saturated rings. The van der Waals surface area contributed by atoms with E-state index in [1.54, 1.807) is 6.08 Å². The van der Waals surface area contributed by atoms with Crippen molar-refractivity contribution in [2.75, 3.05) is 6.61 Å². The Kier molecular flexibility index (Phi) is 12.1. The number of aliphatic hydroxyl groups excluding tert-OH is 1. The van der Waals surface area contributed by atoms with Crippen LogP contribution in [0.2, 0.25) is 0 Å². The van der Waals surface area contributed by atoms with E-state index in [-0.39, 0.29) is 50.7 Å². The van der Waals surface area contributed by atoms with Gasteiger partial charge in [0.05, 0.1) is 6.61 Å². The zero-order chi connectivity index (χ0) is 5.70. The van der Waals surface area contributed by atoms with E-state index in [2.05, 4.69) is 13.8 Å². The molecule has 0 bridgehead atoms. The second-order valence-electron chi connectivity index (χ2n) is 1.85. The van der Waals surface area contributed by atoms with Gasteiger partial charge >= 0.3 is 0 Å². The molecule has 8 heavy (non-hydrogen) atoms. The number of hydrogen-bond donors (Lipinski definition) is 1. The maximum Gasteiger partial charge on any atom is 0.0612 e. The van der Waals surface area contributed by atoms with Gasteiger partial charge in [-0.05, 0) is 5.92 Å². The summed E-state index contributed by atoms with van der Waals surface area (Å²) in [5.41, 5.74) is 0. The zero-order valence-electron chi connectivity index (χ0n) is 5.46. The van der Waals surface area contributed by atoms with Crippen LogP contribution in [-0.2, 0) is 0 Å². The molecule has 0 aromatic carbocycles. The smallest absolute Gasteiger partial charge is 0.0612 e. The summed E-state index contributed by atoms with van der Waals surface area (Å²) in [5.74, 6) is 0.562. The van der Waals surface area contributed by atoms with Crippen LogP contribution in [0.25, 0.3) is 0 Å². The number of aliphatic hydroxyl groups is 1. The second-order valence-corrected chi connectivity index (χ2v) is 1.85. The van der Waals surface area contributed by atoms with Crippen LogP contribution in [0, 0.1) is 50.0 Å². The molecule has 0 heterocycles. The Morgan fingerprint density at radius 2 is 2.00 bits per heavy atom. The van der Waals surface area contributed by atoms with Crippen molar-refractivity contribution in [3.05, 3.63) is 12.2 Å². The molecule has 0 rings (SSSR count). The predicted molar refractivity (Wildman–Crippen MR) is 31.1 cm³/mol. The van der Waals surface area contributed by atoms with Crippen molar-refractivity contribution < 1.29 is 49.2 Å². The summed E-state index contributed by atoms with van der Waals surface area (Å²) in [4.78, 5) is 0. The van der Waals surface area contributed by atoms with Crippen molar-refractivity contribution in [1.82, 2.24) is 0 Å². The van der Waals surface area contributed by atoms with E-state index < -0.39 is 0 Å². The Labute approximate surface area is 86.7 Å². The first-order valence-electron chi connectivity index (χ1n) is 2.55. The Hall–Kier alpha value is 1.14. The summed E-state index contributed by atoms with van der Waals surface area (Å²) in [5, 5.41) is 8.23. The molecule has 0 saturated heterocycles. The van der Waals surface area contributed by atoms with Crippen LogP contribution < -0.4 is 0 Å². The fourth-order valence-corrected chi connectivity index (χ4v) is 0.333. The van der Waals surface area contributed by atoms with Crippen molar-refractivity contribution in [2.24, 2.45) is 5.92 Å². The van der Waals surface area contributed by atoms with E-state index in [1.165, 1.54) is 0 Å². The molecule has 0 aliphatic rings. The van der Waals surface area contributed by atoms with Gasteiger partial charge in [-0.2, -0.15) is 0 Å².